The number of hydrogen-bond donors (Lipinski definition) is 0. The van der Waals surface area contributed by atoms with E-state index >= 15 is 0 Å². The highest BCUT2D eigenvalue weighted by molar-refractivity contribution is 5.91. The molecule has 1 aromatic carbocycles. The summed E-state index contributed by atoms with van der Waals surface area (Å²) >= 11 is 0. The lowest BCUT2D eigenvalue weighted by atomic mass is 10.2. The second kappa shape index (κ2) is 4.61. The van der Waals surface area contributed by atoms with Crippen LogP contribution in [-0.2, 0) is 0 Å². The second-order valence-corrected chi connectivity index (χ2v) is 3.34. The van der Waals surface area contributed by atoms with Gasteiger partial charge in [-0.3, -0.25) is 10.1 Å². The maximum Gasteiger partial charge on any atom is 0.295 e. The quantitative estimate of drug-likeness (QED) is 0.460. The molecule has 0 saturated heterocycles. The molecular formula is C12H10N2O3. The molecule has 0 bridgehead atoms. The lowest BCUT2D eigenvalue weighted by molar-refractivity contribution is -0.383. The van der Waals surface area contributed by atoms with Gasteiger partial charge < -0.3 is 4.74 Å². The Morgan fingerprint density at radius 3 is 3.00 bits per heavy atom. The predicted molar refractivity (Wildman–Crippen MR) is 64.1 cm³/mol. The van der Waals surface area contributed by atoms with Crippen molar-refractivity contribution in [3.05, 3.63) is 53.2 Å². The first-order valence-electron chi connectivity index (χ1n) is 5.00. The Morgan fingerprint density at radius 2 is 2.29 bits per heavy atom. The summed E-state index contributed by atoms with van der Waals surface area (Å²) < 4.78 is 5.42. The summed E-state index contributed by atoms with van der Waals surface area (Å²) in [5.74, 6) is 0.568. The van der Waals surface area contributed by atoms with Gasteiger partial charge in [-0.15, -0.1) is 0 Å². The number of rotatable bonds is 4. The lowest BCUT2D eigenvalue weighted by Gasteiger charge is -2.06. The summed E-state index contributed by atoms with van der Waals surface area (Å²) in [5.41, 5.74) is 0.311. The highest BCUT2D eigenvalue weighted by atomic mass is 16.6. The summed E-state index contributed by atoms with van der Waals surface area (Å²) in [6.07, 6.45) is 3.11. The average molecular weight is 230 g/mol. The van der Waals surface area contributed by atoms with Gasteiger partial charge >= 0.3 is 0 Å². The molecule has 2 aromatic rings. The molecule has 0 saturated carbocycles. The van der Waals surface area contributed by atoms with Crippen LogP contribution in [0.15, 0.2) is 43.1 Å². The fraction of sp³-hybridized carbons (Fsp3) is 0.0833. The van der Waals surface area contributed by atoms with Crippen LogP contribution < -0.4 is 4.74 Å². The number of para-hydroxylation sites is 1. The number of non-ortho nitro benzene ring substituents is 1. The summed E-state index contributed by atoms with van der Waals surface area (Å²) in [7, 11) is 0. The first-order chi connectivity index (χ1) is 8.24. The molecule has 2 rings (SSSR count). The average Bonchev–Trinajstić information content (AvgIpc) is 2.35. The van der Waals surface area contributed by atoms with Crippen molar-refractivity contribution in [3.63, 3.8) is 0 Å². The molecule has 5 heteroatoms. The van der Waals surface area contributed by atoms with Crippen molar-refractivity contribution >= 4 is 16.6 Å². The predicted octanol–water partition coefficient (Wildman–Crippen LogP) is 2.71. The molecule has 1 heterocycles. The van der Waals surface area contributed by atoms with Crippen LogP contribution in [0.1, 0.15) is 0 Å². The summed E-state index contributed by atoms with van der Waals surface area (Å²) in [6, 6.07) is 6.46. The molecule has 86 valence electrons. The van der Waals surface area contributed by atoms with E-state index in [1.807, 2.05) is 0 Å². The lowest BCUT2D eigenvalue weighted by Crippen LogP contribution is -1.96. The molecule has 0 unspecified atom stereocenters. The normalized spacial score (nSPS) is 10.1. The minimum atomic E-state index is -0.452. The van der Waals surface area contributed by atoms with E-state index in [0.29, 0.717) is 23.3 Å². The van der Waals surface area contributed by atoms with Crippen molar-refractivity contribution < 1.29 is 9.66 Å². The van der Waals surface area contributed by atoms with Crippen molar-refractivity contribution in [2.45, 2.75) is 0 Å². The van der Waals surface area contributed by atoms with E-state index in [1.54, 1.807) is 24.3 Å². The molecule has 0 fully saturated rings. The maximum atomic E-state index is 10.8. The zero-order valence-corrected chi connectivity index (χ0v) is 9.00. The van der Waals surface area contributed by atoms with Crippen LogP contribution in [0, 0.1) is 10.1 Å². The third kappa shape index (κ3) is 2.08. The van der Waals surface area contributed by atoms with Crippen LogP contribution in [0.3, 0.4) is 0 Å². The molecule has 0 aliphatic heterocycles. The van der Waals surface area contributed by atoms with Gasteiger partial charge in [0.15, 0.2) is 5.52 Å². The molecule has 0 amide bonds. The van der Waals surface area contributed by atoms with E-state index in [9.17, 15) is 10.1 Å². The van der Waals surface area contributed by atoms with E-state index in [4.69, 9.17) is 4.74 Å². The largest absolute Gasteiger partial charge is 0.489 e. The number of nitro groups is 1. The van der Waals surface area contributed by atoms with Crippen LogP contribution in [0.2, 0.25) is 0 Å². The van der Waals surface area contributed by atoms with Gasteiger partial charge in [0.2, 0.25) is 0 Å². The van der Waals surface area contributed by atoms with Crippen molar-refractivity contribution in [2.24, 2.45) is 0 Å². The van der Waals surface area contributed by atoms with Crippen LogP contribution in [-0.4, -0.2) is 16.5 Å². The maximum absolute atomic E-state index is 10.8. The van der Waals surface area contributed by atoms with Crippen molar-refractivity contribution in [1.82, 2.24) is 4.98 Å². The minimum absolute atomic E-state index is 0.0217. The summed E-state index contributed by atoms with van der Waals surface area (Å²) in [6.45, 7) is 3.90. The standard InChI is InChI=1S/C12H10N2O3/c1-2-8-17-11-6-7-13-12-9(11)4-3-5-10(12)14(15)16/h2-7H,1,8H2. The van der Waals surface area contributed by atoms with Crippen LogP contribution >= 0.6 is 0 Å². The third-order valence-corrected chi connectivity index (χ3v) is 2.26. The molecular weight excluding hydrogens is 220 g/mol. The highest BCUT2D eigenvalue weighted by Crippen LogP contribution is 2.29. The van der Waals surface area contributed by atoms with Crippen molar-refractivity contribution in [1.29, 1.82) is 0 Å². The minimum Gasteiger partial charge on any atom is -0.489 e. The van der Waals surface area contributed by atoms with Gasteiger partial charge in [0.1, 0.15) is 12.4 Å². The smallest absolute Gasteiger partial charge is 0.295 e. The van der Waals surface area contributed by atoms with E-state index in [2.05, 4.69) is 11.6 Å². The molecule has 17 heavy (non-hydrogen) atoms. The van der Waals surface area contributed by atoms with Crippen molar-refractivity contribution in [3.8, 4) is 5.75 Å². The topological polar surface area (TPSA) is 65.3 Å². The SMILES string of the molecule is C=CCOc1ccnc2c([N+](=O)[O-])cccc12. The Balaban J connectivity index is 2.61. The highest BCUT2D eigenvalue weighted by Gasteiger charge is 2.14. The van der Waals surface area contributed by atoms with Gasteiger partial charge in [0, 0.05) is 17.6 Å². The first-order valence-corrected chi connectivity index (χ1v) is 5.00. The van der Waals surface area contributed by atoms with Crippen LogP contribution in [0.25, 0.3) is 10.9 Å². The molecule has 0 aliphatic rings. The Kier molecular flexibility index (Phi) is 3.00. The summed E-state index contributed by atoms with van der Waals surface area (Å²) in [4.78, 5) is 14.4. The monoisotopic (exact) mass is 230 g/mol. The van der Waals surface area contributed by atoms with Gasteiger partial charge in [0.05, 0.1) is 4.92 Å². The third-order valence-electron chi connectivity index (χ3n) is 2.26. The number of nitrogens with zero attached hydrogens (tertiary/aromatic N) is 2. The van der Waals surface area contributed by atoms with E-state index in [-0.39, 0.29) is 5.69 Å². The number of pyridine rings is 1. The molecule has 0 spiro atoms. The summed E-state index contributed by atoms with van der Waals surface area (Å²) in [5, 5.41) is 11.5. The first kappa shape index (κ1) is 11.1. The molecule has 0 N–H and O–H groups in total. The van der Waals surface area contributed by atoms with E-state index in [1.165, 1.54) is 12.3 Å². The van der Waals surface area contributed by atoms with E-state index in [0.717, 1.165) is 0 Å². The Labute approximate surface area is 97.5 Å². The molecule has 0 atom stereocenters. The van der Waals surface area contributed by atoms with E-state index < -0.39 is 4.92 Å². The van der Waals surface area contributed by atoms with Crippen LogP contribution in [0.4, 0.5) is 5.69 Å². The van der Waals surface area contributed by atoms with Crippen LogP contribution in [0.5, 0.6) is 5.75 Å². The Morgan fingerprint density at radius 1 is 1.47 bits per heavy atom. The Hall–Kier alpha value is -2.43. The Bertz CT molecular complexity index is 581. The van der Waals surface area contributed by atoms with Gasteiger partial charge in [-0.1, -0.05) is 18.7 Å². The molecule has 0 aliphatic carbocycles. The number of aromatic nitrogens is 1. The number of fused-ring (bicyclic) bond motifs is 1. The number of ether oxygens (including phenoxy) is 1. The number of benzene rings is 1. The van der Waals surface area contributed by atoms with Gasteiger partial charge in [-0.05, 0) is 12.1 Å². The molecule has 0 radical (unpaired) electrons. The zero-order valence-electron chi connectivity index (χ0n) is 9.00. The number of nitro benzene ring substituents is 1. The molecule has 5 nitrogen and oxygen atoms in total. The van der Waals surface area contributed by atoms with Gasteiger partial charge in [-0.2, -0.15) is 0 Å². The fourth-order valence-corrected chi connectivity index (χ4v) is 1.56. The molecule has 1 aromatic heterocycles. The van der Waals surface area contributed by atoms with Gasteiger partial charge in [-0.25, -0.2) is 4.98 Å². The zero-order chi connectivity index (χ0) is 12.3. The fourth-order valence-electron chi connectivity index (χ4n) is 1.56. The van der Waals surface area contributed by atoms with Crippen molar-refractivity contribution in [2.75, 3.05) is 6.61 Å². The van der Waals surface area contributed by atoms with Gasteiger partial charge in [0.25, 0.3) is 5.69 Å². The second-order valence-electron chi connectivity index (χ2n) is 3.34. The number of hydrogen-bond acceptors (Lipinski definition) is 4.